The van der Waals surface area contributed by atoms with E-state index in [-0.39, 0.29) is 12.3 Å². The molecular formula is C17H16ClNO3. The van der Waals surface area contributed by atoms with E-state index < -0.39 is 12.0 Å². The van der Waals surface area contributed by atoms with Crippen LogP contribution in [-0.4, -0.2) is 17.0 Å². The minimum atomic E-state index is -0.982. The first-order valence-corrected chi connectivity index (χ1v) is 7.18. The Balaban J connectivity index is 2.19. The van der Waals surface area contributed by atoms with E-state index in [1.807, 2.05) is 19.1 Å². The lowest BCUT2D eigenvalue weighted by atomic mass is 10.0. The molecular weight excluding hydrogens is 302 g/mol. The number of carboxylic acid groups (broad SMARTS) is 1. The van der Waals surface area contributed by atoms with E-state index in [0.717, 1.165) is 5.56 Å². The van der Waals surface area contributed by atoms with Crippen LogP contribution in [0.2, 0.25) is 5.02 Å². The first-order chi connectivity index (χ1) is 10.5. The van der Waals surface area contributed by atoms with E-state index in [0.29, 0.717) is 16.1 Å². The van der Waals surface area contributed by atoms with Crippen molar-refractivity contribution in [3.8, 4) is 0 Å². The Morgan fingerprint density at radius 3 is 2.23 bits per heavy atom. The summed E-state index contributed by atoms with van der Waals surface area (Å²) in [6, 6.07) is 13.3. The highest BCUT2D eigenvalue weighted by Crippen LogP contribution is 2.20. The first-order valence-electron chi connectivity index (χ1n) is 6.80. The zero-order chi connectivity index (χ0) is 16.1. The lowest BCUT2D eigenvalue weighted by Crippen LogP contribution is -2.30. The monoisotopic (exact) mass is 317 g/mol. The Labute approximate surface area is 133 Å². The van der Waals surface area contributed by atoms with Crippen molar-refractivity contribution in [2.45, 2.75) is 19.4 Å². The highest BCUT2D eigenvalue weighted by Gasteiger charge is 2.18. The zero-order valence-electron chi connectivity index (χ0n) is 12.0. The third-order valence-corrected chi connectivity index (χ3v) is 3.52. The van der Waals surface area contributed by atoms with Gasteiger partial charge in [0, 0.05) is 10.6 Å². The fourth-order valence-electron chi connectivity index (χ4n) is 2.07. The molecule has 4 nitrogen and oxygen atoms in total. The Morgan fingerprint density at radius 1 is 1.09 bits per heavy atom. The van der Waals surface area contributed by atoms with Crippen LogP contribution < -0.4 is 5.32 Å². The molecule has 0 saturated heterocycles. The van der Waals surface area contributed by atoms with Gasteiger partial charge in [-0.15, -0.1) is 0 Å². The van der Waals surface area contributed by atoms with Crippen LogP contribution in [-0.2, 0) is 4.79 Å². The van der Waals surface area contributed by atoms with Gasteiger partial charge >= 0.3 is 5.97 Å². The number of nitrogens with one attached hydrogen (secondary N) is 1. The molecule has 0 aliphatic rings. The largest absolute Gasteiger partial charge is 0.481 e. The van der Waals surface area contributed by atoms with E-state index >= 15 is 0 Å². The van der Waals surface area contributed by atoms with Crippen molar-refractivity contribution in [1.82, 2.24) is 5.32 Å². The normalized spacial score (nSPS) is 11.7. The molecule has 0 bridgehead atoms. The molecule has 0 fully saturated rings. The maximum absolute atomic E-state index is 12.3. The summed E-state index contributed by atoms with van der Waals surface area (Å²) in [5, 5.41) is 12.4. The Kier molecular flexibility index (Phi) is 5.17. The van der Waals surface area contributed by atoms with Gasteiger partial charge in [0.25, 0.3) is 5.91 Å². The number of hydrogen-bond donors (Lipinski definition) is 2. The third-order valence-electron chi connectivity index (χ3n) is 3.27. The van der Waals surface area contributed by atoms with Gasteiger partial charge in [-0.05, 0) is 36.8 Å². The Morgan fingerprint density at radius 2 is 1.68 bits per heavy atom. The second-order valence-electron chi connectivity index (χ2n) is 5.04. The Bertz CT molecular complexity index is 665. The molecule has 0 aliphatic carbocycles. The predicted octanol–water partition coefficient (Wildman–Crippen LogP) is 3.59. The van der Waals surface area contributed by atoms with Crippen molar-refractivity contribution in [1.29, 1.82) is 0 Å². The van der Waals surface area contributed by atoms with E-state index in [1.54, 1.807) is 36.4 Å². The van der Waals surface area contributed by atoms with E-state index in [1.165, 1.54) is 0 Å². The van der Waals surface area contributed by atoms with Crippen LogP contribution in [0.4, 0.5) is 0 Å². The van der Waals surface area contributed by atoms with Gasteiger partial charge in [0.15, 0.2) is 0 Å². The van der Waals surface area contributed by atoms with Gasteiger partial charge in [0.1, 0.15) is 0 Å². The van der Waals surface area contributed by atoms with Gasteiger partial charge in [-0.25, -0.2) is 0 Å². The molecule has 0 aliphatic heterocycles. The molecule has 1 atom stereocenters. The lowest BCUT2D eigenvalue weighted by Gasteiger charge is -2.17. The van der Waals surface area contributed by atoms with E-state index in [2.05, 4.69) is 5.32 Å². The Hall–Kier alpha value is -2.33. The summed E-state index contributed by atoms with van der Waals surface area (Å²) in [5.41, 5.74) is 2.25. The van der Waals surface area contributed by atoms with Crippen molar-refractivity contribution in [3.05, 3.63) is 70.2 Å². The molecule has 114 valence electrons. The van der Waals surface area contributed by atoms with E-state index in [4.69, 9.17) is 16.7 Å². The number of aryl methyl sites for hydroxylation is 1. The topological polar surface area (TPSA) is 66.4 Å². The number of carboxylic acids is 1. The number of hydrogen-bond acceptors (Lipinski definition) is 2. The number of halogens is 1. The van der Waals surface area contributed by atoms with Crippen molar-refractivity contribution in [2.75, 3.05) is 0 Å². The molecule has 1 amide bonds. The predicted molar refractivity (Wildman–Crippen MR) is 85.1 cm³/mol. The van der Waals surface area contributed by atoms with Crippen molar-refractivity contribution < 1.29 is 14.7 Å². The average Bonchev–Trinajstić information content (AvgIpc) is 2.47. The summed E-state index contributed by atoms with van der Waals surface area (Å²) in [4.78, 5) is 23.3. The van der Waals surface area contributed by atoms with Gasteiger partial charge in [-0.3, -0.25) is 9.59 Å². The molecule has 2 aromatic rings. The molecule has 0 radical (unpaired) electrons. The summed E-state index contributed by atoms with van der Waals surface area (Å²) in [7, 11) is 0. The average molecular weight is 318 g/mol. The third kappa shape index (κ3) is 4.33. The van der Waals surface area contributed by atoms with Gasteiger partial charge in [0.2, 0.25) is 0 Å². The quantitative estimate of drug-likeness (QED) is 0.885. The summed E-state index contributed by atoms with van der Waals surface area (Å²) in [5.74, 6) is -1.29. The lowest BCUT2D eigenvalue weighted by molar-refractivity contribution is -0.137. The van der Waals surface area contributed by atoms with Crippen LogP contribution in [0.3, 0.4) is 0 Å². The smallest absolute Gasteiger partial charge is 0.305 e. The summed E-state index contributed by atoms with van der Waals surface area (Å²) < 4.78 is 0. The minimum absolute atomic E-state index is 0.195. The van der Waals surface area contributed by atoms with Crippen LogP contribution in [0, 0.1) is 6.92 Å². The standard InChI is InChI=1S/C17H16ClNO3/c1-11-2-4-13(5-3-11)17(22)19-15(10-16(20)21)12-6-8-14(18)9-7-12/h2-9,15H,10H2,1H3,(H,19,22)(H,20,21). The number of rotatable bonds is 5. The second-order valence-corrected chi connectivity index (χ2v) is 5.48. The van der Waals surface area contributed by atoms with Crippen molar-refractivity contribution in [2.24, 2.45) is 0 Å². The van der Waals surface area contributed by atoms with Crippen LogP contribution in [0.25, 0.3) is 0 Å². The molecule has 2 aromatic carbocycles. The molecule has 5 heteroatoms. The molecule has 1 unspecified atom stereocenters. The van der Waals surface area contributed by atoms with Crippen LogP contribution in [0.5, 0.6) is 0 Å². The maximum atomic E-state index is 12.3. The number of carbonyl (C=O) groups excluding carboxylic acids is 1. The molecule has 2 rings (SSSR count). The summed E-state index contributed by atoms with van der Waals surface area (Å²) in [6.07, 6.45) is -0.195. The van der Waals surface area contributed by atoms with Crippen LogP contribution in [0.15, 0.2) is 48.5 Å². The van der Waals surface area contributed by atoms with Gasteiger partial charge in [-0.2, -0.15) is 0 Å². The zero-order valence-corrected chi connectivity index (χ0v) is 12.8. The number of benzene rings is 2. The SMILES string of the molecule is Cc1ccc(C(=O)NC(CC(=O)O)c2ccc(Cl)cc2)cc1. The number of aliphatic carboxylic acids is 1. The highest BCUT2D eigenvalue weighted by atomic mass is 35.5. The van der Waals surface area contributed by atoms with Gasteiger partial charge in [-0.1, -0.05) is 41.4 Å². The van der Waals surface area contributed by atoms with Gasteiger partial charge in [0.05, 0.1) is 12.5 Å². The van der Waals surface area contributed by atoms with Crippen LogP contribution in [0.1, 0.15) is 33.9 Å². The van der Waals surface area contributed by atoms with Gasteiger partial charge < -0.3 is 10.4 Å². The molecule has 0 spiro atoms. The second kappa shape index (κ2) is 7.09. The molecule has 0 saturated carbocycles. The molecule has 22 heavy (non-hydrogen) atoms. The maximum Gasteiger partial charge on any atom is 0.305 e. The summed E-state index contributed by atoms with van der Waals surface area (Å²) >= 11 is 5.83. The van der Waals surface area contributed by atoms with Crippen molar-refractivity contribution in [3.63, 3.8) is 0 Å². The van der Waals surface area contributed by atoms with Crippen LogP contribution >= 0.6 is 11.6 Å². The minimum Gasteiger partial charge on any atom is -0.481 e. The molecule has 0 heterocycles. The first kappa shape index (κ1) is 16.0. The fraction of sp³-hybridized carbons (Fsp3) is 0.176. The highest BCUT2D eigenvalue weighted by molar-refractivity contribution is 6.30. The summed E-state index contributed by atoms with van der Waals surface area (Å²) in [6.45, 7) is 1.93. The van der Waals surface area contributed by atoms with Crippen molar-refractivity contribution >= 4 is 23.5 Å². The fourth-order valence-corrected chi connectivity index (χ4v) is 2.19. The molecule has 0 aromatic heterocycles. The van der Waals surface area contributed by atoms with E-state index in [9.17, 15) is 9.59 Å². The number of carbonyl (C=O) groups is 2. The molecule has 2 N–H and O–H groups in total. The number of amides is 1.